The predicted molar refractivity (Wildman–Crippen MR) is 152 cm³/mol. The summed E-state index contributed by atoms with van der Waals surface area (Å²) in [5.41, 5.74) is 8.86. The molecule has 0 spiro atoms. The molecule has 0 bridgehead atoms. The first-order chi connectivity index (χ1) is 19.0. The number of aliphatic hydroxyl groups is 1. The van der Waals surface area contributed by atoms with E-state index in [4.69, 9.17) is 30.4 Å². The second kappa shape index (κ2) is 15.6. The van der Waals surface area contributed by atoms with Crippen molar-refractivity contribution in [2.24, 2.45) is 0 Å². The zero-order valence-corrected chi connectivity index (χ0v) is 23.1. The Morgan fingerprint density at radius 3 is 2.64 bits per heavy atom. The highest BCUT2D eigenvalue weighted by molar-refractivity contribution is 5.88. The molecule has 39 heavy (non-hydrogen) atoms. The summed E-state index contributed by atoms with van der Waals surface area (Å²) in [6.07, 6.45) is 10.6. The molecule has 0 amide bonds. The van der Waals surface area contributed by atoms with Crippen molar-refractivity contribution in [3.8, 4) is 5.75 Å². The van der Waals surface area contributed by atoms with Crippen LogP contribution in [0.3, 0.4) is 0 Å². The van der Waals surface area contributed by atoms with Gasteiger partial charge in [0.15, 0.2) is 5.82 Å². The van der Waals surface area contributed by atoms with Gasteiger partial charge in [0.2, 0.25) is 11.8 Å². The van der Waals surface area contributed by atoms with Gasteiger partial charge in [-0.15, -0.1) is 0 Å². The Labute approximate surface area is 229 Å². The number of nitrogens with zero attached hydrogens (tertiary/aromatic N) is 5. The number of unbranched alkanes of at least 4 members (excludes halogenated alkanes) is 1. The Kier molecular flexibility index (Phi) is 11.9. The number of hydrogen-bond acceptors (Lipinski definition) is 12. The number of hydrogen-bond donors (Lipinski definition) is 5. The number of methoxy groups -OCH3 is 1. The van der Waals surface area contributed by atoms with Gasteiger partial charge in [-0.05, 0) is 56.8 Å². The Morgan fingerprint density at radius 2 is 2.00 bits per heavy atom. The Morgan fingerprint density at radius 1 is 1.23 bits per heavy atom. The molecule has 12 nitrogen and oxygen atoms in total. The molecule has 0 unspecified atom stereocenters. The lowest BCUT2D eigenvalue weighted by atomic mass is 9.90. The highest BCUT2D eigenvalue weighted by atomic mass is 16.5. The summed E-state index contributed by atoms with van der Waals surface area (Å²) in [6, 6.07) is 2.09. The van der Waals surface area contributed by atoms with Crippen molar-refractivity contribution in [2.75, 3.05) is 49.7 Å². The lowest BCUT2D eigenvalue weighted by Gasteiger charge is -2.31. The number of aromatic nitrogens is 4. The minimum atomic E-state index is 0.129. The van der Waals surface area contributed by atoms with E-state index < -0.39 is 0 Å². The van der Waals surface area contributed by atoms with Gasteiger partial charge in [-0.25, -0.2) is 9.97 Å². The summed E-state index contributed by atoms with van der Waals surface area (Å²) < 4.78 is 11.1. The first kappa shape index (κ1) is 29.8. The number of nitrogen functional groups attached to an aromatic ring is 1. The first-order valence-electron chi connectivity index (χ1n) is 13.4. The van der Waals surface area contributed by atoms with E-state index in [9.17, 15) is 0 Å². The molecular weight excluding hydrogens is 498 g/mol. The number of oxazole rings is 1. The normalized spacial score (nSPS) is 13.8. The topological polar surface area (TPSA) is 171 Å². The minimum absolute atomic E-state index is 0.129. The summed E-state index contributed by atoms with van der Waals surface area (Å²) in [6.45, 7) is 7.92. The highest BCUT2D eigenvalue weighted by Gasteiger charge is 2.23. The Hall–Kier alpha value is -3.77. The van der Waals surface area contributed by atoms with Crippen LogP contribution >= 0.6 is 0 Å². The van der Waals surface area contributed by atoms with Gasteiger partial charge in [0.25, 0.3) is 0 Å². The second-order valence-corrected chi connectivity index (χ2v) is 9.18. The number of nitrogens with two attached hydrogens (primary N) is 1. The van der Waals surface area contributed by atoms with Crippen molar-refractivity contribution in [1.82, 2.24) is 24.8 Å². The van der Waals surface area contributed by atoms with Gasteiger partial charge in [-0.2, -0.15) is 4.98 Å². The van der Waals surface area contributed by atoms with Crippen LogP contribution in [0, 0.1) is 5.41 Å². The van der Waals surface area contributed by atoms with E-state index in [-0.39, 0.29) is 12.6 Å². The zero-order valence-electron chi connectivity index (χ0n) is 23.1. The van der Waals surface area contributed by atoms with Gasteiger partial charge in [-0.1, -0.05) is 13.3 Å². The molecule has 212 valence electrons. The van der Waals surface area contributed by atoms with E-state index >= 15 is 0 Å². The van der Waals surface area contributed by atoms with Crippen LogP contribution in [-0.2, 0) is 13.1 Å². The van der Waals surface area contributed by atoms with Crippen molar-refractivity contribution in [3.63, 3.8) is 0 Å². The van der Waals surface area contributed by atoms with Crippen molar-refractivity contribution in [1.29, 1.82) is 5.41 Å². The molecule has 0 atom stereocenters. The summed E-state index contributed by atoms with van der Waals surface area (Å²) >= 11 is 0. The first-order valence-corrected chi connectivity index (χ1v) is 13.4. The molecule has 0 radical (unpaired) electrons. The third kappa shape index (κ3) is 8.62. The number of anilines is 3. The van der Waals surface area contributed by atoms with Crippen molar-refractivity contribution >= 4 is 23.7 Å². The van der Waals surface area contributed by atoms with E-state index in [0.717, 1.165) is 69.2 Å². The molecule has 0 aliphatic carbocycles. The number of piperidine rings is 1. The average Bonchev–Trinajstić information content (AvgIpc) is 3.46. The quantitative estimate of drug-likeness (QED) is 0.168. The molecule has 1 aliphatic rings. The molecule has 4 heterocycles. The van der Waals surface area contributed by atoms with Crippen LogP contribution in [-0.4, -0.2) is 69.5 Å². The summed E-state index contributed by atoms with van der Waals surface area (Å²) in [4.78, 5) is 19.9. The van der Waals surface area contributed by atoms with Gasteiger partial charge in [0.1, 0.15) is 29.1 Å². The maximum atomic E-state index is 7.77. The molecule has 0 saturated carbocycles. The SMILES string of the molecule is CCCCNc1nc(N)nc(C=N)c1NCc1ncc(C2CCN(Cc3ncco3)CC2)cc1OC.CCO. The number of ether oxygens (including phenoxy) is 1. The molecule has 3 aromatic heterocycles. The van der Waals surface area contributed by atoms with Gasteiger partial charge in [0.05, 0.1) is 26.4 Å². The van der Waals surface area contributed by atoms with E-state index in [1.54, 1.807) is 26.5 Å². The van der Waals surface area contributed by atoms with Crippen LogP contribution < -0.4 is 21.1 Å². The number of aliphatic hydroxyl groups excluding tert-OH is 1. The third-order valence-corrected chi connectivity index (χ3v) is 6.42. The average molecular weight is 540 g/mol. The van der Waals surface area contributed by atoms with Crippen LogP contribution in [0.5, 0.6) is 5.75 Å². The maximum Gasteiger partial charge on any atom is 0.222 e. The van der Waals surface area contributed by atoms with Gasteiger partial charge >= 0.3 is 0 Å². The van der Waals surface area contributed by atoms with Gasteiger partial charge < -0.3 is 36.0 Å². The Balaban J connectivity index is 0.00000134. The maximum absolute atomic E-state index is 7.77. The molecule has 12 heteroatoms. The summed E-state index contributed by atoms with van der Waals surface area (Å²) in [5.74, 6) is 2.63. The van der Waals surface area contributed by atoms with Crippen LogP contribution in [0.15, 0.2) is 29.1 Å². The second-order valence-electron chi connectivity index (χ2n) is 9.18. The molecule has 4 rings (SSSR count). The molecule has 0 aromatic carbocycles. The van der Waals surface area contributed by atoms with Crippen molar-refractivity contribution in [2.45, 2.75) is 58.5 Å². The van der Waals surface area contributed by atoms with Crippen LogP contribution in [0.1, 0.15) is 68.3 Å². The molecule has 1 fully saturated rings. The number of rotatable bonds is 12. The molecule has 1 aliphatic heterocycles. The van der Waals surface area contributed by atoms with E-state index in [1.807, 2.05) is 6.20 Å². The van der Waals surface area contributed by atoms with Gasteiger partial charge in [0, 0.05) is 25.6 Å². The fourth-order valence-electron chi connectivity index (χ4n) is 4.43. The molecule has 6 N–H and O–H groups in total. The number of likely N-dealkylation sites (tertiary alicyclic amines) is 1. The number of pyridine rings is 1. The molecule has 1 saturated heterocycles. The molecule has 3 aromatic rings. The molecular formula is C27H41N9O3. The fourth-order valence-corrected chi connectivity index (χ4v) is 4.43. The predicted octanol–water partition coefficient (Wildman–Crippen LogP) is 3.65. The van der Waals surface area contributed by atoms with Crippen LogP contribution in [0.4, 0.5) is 17.5 Å². The minimum Gasteiger partial charge on any atom is -0.495 e. The van der Waals surface area contributed by atoms with Crippen LogP contribution in [0.25, 0.3) is 0 Å². The van der Waals surface area contributed by atoms with Gasteiger partial charge in [-0.3, -0.25) is 9.88 Å². The lowest BCUT2D eigenvalue weighted by Crippen LogP contribution is -2.32. The standard InChI is InChI=1S/C25H35N9O2.C2H6O/c1-3-4-7-29-24-23(19(13-26)32-25(27)33-24)31-15-20-21(35-2)12-18(14-30-20)17-5-9-34(10-6-17)16-22-28-8-11-36-22;1-2-3/h8,11-14,17,26,31H,3-7,9-10,15-16H2,1-2H3,(H3,27,29,32,33);3H,2H2,1H3. The van der Waals surface area contributed by atoms with E-state index in [2.05, 4.69) is 43.5 Å². The van der Waals surface area contributed by atoms with E-state index in [1.165, 1.54) is 11.8 Å². The number of nitrogens with one attached hydrogen (secondary N) is 3. The largest absolute Gasteiger partial charge is 0.495 e. The highest BCUT2D eigenvalue weighted by Crippen LogP contribution is 2.32. The van der Waals surface area contributed by atoms with Crippen molar-refractivity contribution < 1.29 is 14.3 Å². The fraction of sp³-hybridized carbons (Fsp3) is 0.519. The lowest BCUT2D eigenvalue weighted by molar-refractivity contribution is 0.187. The Bertz CT molecular complexity index is 1150. The smallest absolute Gasteiger partial charge is 0.222 e. The van der Waals surface area contributed by atoms with E-state index in [0.29, 0.717) is 29.7 Å². The monoisotopic (exact) mass is 539 g/mol. The third-order valence-electron chi connectivity index (χ3n) is 6.42. The summed E-state index contributed by atoms with van der Waals surface area (Å²) in [7, 11) is 1.66. The summed E-state index contributed by atoms with van der Waals surface area (Å²) in [5, 5.41) is 22.0. The zero-order chi connectivity index (χ0) is 28.0. The van der Waals surface area contributed by atoms with Crippen LogP contribution in [0.2, 0.25) is 0 Å². The van der Waals surface area contributed by atoms with Crippen molar-refractivity contribution in [3.05, 3.63) is 47.6 Å².